The van der Waals surface area contributed by atoms with Crippen LogP contribution >= 0.6 is 0 Å². The van der Waals surface area contributed by atoms with E-state index in [1.807, 2.05) is 19.9 Å². The van der Waals surface area contributed by atoms with E-state index >= 15 is 0 Å². The zero-order chi connectivity index (χ0) is 14.7. The monoisotopic (exact) mass is 276 g/mol. The van der Waals surface area contributed by atoms with Crippen molar-refractivity contribution in [3.63, 3.8) is 0 Å². The van der Waals surface area contributed by atoms with Gasteiger partial charge in [-0.1, -0.05) is 6.07 Å². The molecule has 1 aliphatic rings. The van der Waals surface area contributed by atoms with E-state index in [0.29, 0.717) is 6.54 Å². The molecule has 0 aliphatic carbocycles. The summed E-state index contributed by atoms with van der Waals surface area (Å²) in [6.07, 6.45) is 1.70. The molecule has 0 bridgehead atoms. The lowest BCUT2D eigenvalue weighted by atomic mass is 10.1. The van der Waals surface area contributed by atoms with E-state index in [2.05, 4.69) is 15.6 Å². The van der Waals surface area contributed by atoms with Gasteiger partial charge < -0.3 is 10.2 Å². The molecule has 20 heavy (non-hydrogen) atoms. The van der Waals surface area contributed by atoms with Crippen LogP contribution in [0, 0.1) is 13.8 Å². The number of urea groups is 1. The molecule has 1 aromatic heterocycles. The lowest BCUT2D eigenvalue weighted by Gasteiger charge is -2.13. The Bertz CT molecular complexity index is 571. The maximum Gasteiger partial charge on any atom is 0.325 e. The summed E-state index contributed by atoms with van der Waals surface area (Å²) in [6, 6.07) is 1.42. The highest BCUT2D eigenvalue weighted by Gasteiger charge is 2.27. The highest BCUT2D eigenvalue weighted by molar-refractivity contribution is 6.03. The van der Waals surface area contributed by atoms with Crippen LogP contribution in [0.15, 0.2) is 12.3 Å². The fraction of sp³-hybridized carbons (Fsp3) is 0.385. The SMILES string of the molecule is Cc1cc(CNC(=O)CN2CC(=O)NC2=O)cnc1C. The number of imide groups is 1. The summed E-state index contributed by atoms with van der Waals surface area (Å²) < 4.78 is 0. The number of nitrogens with zero attached hydrogens (tertiary/aromatic N) is 2. The Hall–Kier alpha value is -2.44. The quantitative estimate of drug-likeness (QED) is 0.749. The third-order valence-corrected chi connectivity index (χ3v) is 3.09. The molecule has 2 N–H and O–H groups in total. The smallest absolute Gasteiger partial charge is 0.325 e. The molecule has 4 amide bonds. The van der Waals surface area contributed by atoms with Gasteiger partial charge in [0.15, 0.2) is 0 Å². The Kier molecular flexibility index (Phi) is 3.97. The minimum atomic E-state index is -0.530. The van der Waals surface area contributed by atoms with E-state index in [1.54, 1.807) is 6.20 Å². The Labute approximate surface area is 116 Å². The van der Waals surface area contributed by atoms with Crippen molar-refractivity contribution in [1.29, 1.82) is 0 Å². The first-order chi connectivity index (χ1) is 9.45. The van der Waals surface area contributed by atoms with Crippen LogP contribution in [0.1, 0.15) is 16.8 Å². The normalized spacial score (nSPS) is 14.4. The van der Waals surface area contributed by atoms with Crippen molar-refractivity contribution in [2.75, 3.05) is 13.1 Å². The van der Waals surface area contributed by atoms with Crippen LogP contribution in [0.4, 0.5) is 4.79 Å². The lowest BCUT2D eigenvalue weighted by Crippen LogP contribution is -2.38. The first kappa shape index (κ1) is 14.0. The number of nitrogens with one attached hydrogen (secondary N) is 2. The number of aryl methyl sites for hydroxylation is 2. The molecular formula is C13H16N4O3. The van der Waals surface area contributed by atoms with E-state index in [9.17, 15) is 14.4 Å². The lowest BCUT2D eigenvalue weighted by molar-refractivity contribution is -0.122. The molecule has 0 radical (unpaired) electrons. The second-order valence-corrected chi connectivity index (χ2v) is 4.73. The van der Waals surface area contributed by atoms with Crippen molar-refractivity contribution >= 4 is 17.8 Å². The maximum absolute atomic E-state index is 11.7. The van der Waals surface area contributed by atoms with Gasteiger partial charge in [0.05, 0.1) is 0 Å². The van der Waals surface area contributed by atoms with Gasteiger partial charge in [-0.2, -0.15) is 0 Å². The fourth-order valence-corrected chi connectivity index (χ4v) is 1.84. The second-order valence-electron chi connectivity index (χ2n) is 4.73. The van der Waals surface area contributed by atoms with Crippen LogP contribution in [-0.2, 0) is 16.1 Å². The molecule has 0 atom stereocenters. The third kappa shape index (κ3) is 3.31. The maximum atomic E-state index is 11.7. The molecule has 2 rings (SSSR count). The van der Waals surface area contributed by atoms with Gasteiger partial charge in [-0.05, 0) is 25.0 Å². The van der Waals surface area contributed by atoms with Crippen molar-refractivity contribution in [3.8, 4) is 0 Å². The number of hydrogen-bond donors (Lipinski definition) is 2. The number of carbonyl (C=O) groups excluding carboxylic acids is 3. The molecule has 106 valence electrons. The largest absolute Gasteiger partial charge is 0.350 e. The highest BCUT2D eigenvalue weighted by atomic mass is 16.2. The summed E-state index contributed by atoms with van der Waals surface area (Å²) >= 11 is 0. The Morgan fingerprint density at radius 1 is 1.45 bits per heavy atom. The van der Waals surface area contributed by atoms with Crippen molar-refractivity contribution in [2.45, 2.75) is 20.4 Å². The summed E-state index contributed by atoms with van der Waals surface area (Å²) in [5.41, 5.74) is 2.90. The van der Waals surface area contributed by atoms with Gasteiger partial charge in [0.2, 0.25) is 11.8 Å². The van der Waals surface area contributed by atoms with Gasteiger partial charge in [-0.15, -0.1) is 0 Å². The molecular weight excluding hydrogens is 260 g/mol. The van der Waals surface area contributed by atoms with Crippen molar-refractivity contribution in [3.05, 3.63) is 29.1 Å². The molecule has 0 unspecified atom stereocenters. The third-order valence-electron chi connectivity index (χ3n) is 3.09. The number of amides is 4. The van der Waals surface area contributed by atoms with Crippen LogP contribution in [0.5, 0.6) is 0 Å². The molecule has 7 heteroatoms. The number of hydrogen-bond acceptors (Lipinski definition) is 4. The molecule has 0 spiro atoms. The molecule has 1 saturated heterocycles. The van der Waals surface area contributed by atoms with Crippen molar-refractivity contribution in [2.24, 2.45) is 0 Å². The van der Waals surface area contributed by atoms with Crippen LogP contribution in [-0.4, -0.2) is 40.8 Å². The molecule has 7 nitrogen and oxygen atoms in total. The van der Waals surface area contributed by atoms with Gasteiger partial charge in [0.25, 0.3) is 0 Å². The summed E-state index contributed by atoms with van der Waals surface area (Å²) in [7, 11) is 0. The summed E-state index contributed by atoms with van der Waals surface area (Å²) in [4.78, 5) is 39.3. The zero-order valence-corrected chi connectivity index (χ0v) is 11.4. The number of carbonyl (C=O) groups is 3. The first-order valence-corrected chi connectivity index (χ1v) is 6.23. The molecule has 0 saturated carbocycles. The molecule has 0 aromatic carbocycles. The van der Waals surface area contributed by atoms with Gasteiger partial charge in [0, 0.05) is 18.4 Å². The van der Waals surface area contributed by atoms with Gasteiger partial charge in [-0.3, -0.25) is 19.9 Å². The van der Waals surface area contributed by atoms with E-state index in [1.165, 1.54) is 0 Å². The van der Waals surface area contributed by atoms with Gasteiger partial charge in [-0.25, -0.2) is 4.79 Å². The van der Waals surface area contributed by atoms with Crippen LogP contribution < -0.4 is 10.6 Å². The van der Waals surface area contributed by atoms with Crippen LogP contribution in [0.2, 0.25) is 0 Å². The molecule has 2 heterocycles. The van der Waals surface area contributed by atoms with E-state index < -0.39 is 6.03 Å². The van der Waals surface area contributed by atoms with E-state index in [-0.39, 0.29) is 24.9 Å². The zero-order valence-electron chi connectivity index (χ0n) is 11.4. The van der Waals surface area contributed by atoms with E-state index in [0.717, 1.165) is 21.7 Å². The fourth-order valence-electron chi connectivity index (χ4n) is 1.84. The Balaban J connectivity index is 1.84. The molecule has 1 aliphatic heterocycles. The standard InChI is InChI=1S/C13H16N4O3/c1-8-3-10(4-14-9(8)2)5-15-11(18)6-17-7-12(19)16-13(17)20/h3-4H,5-7H2,1-2H3,(H,15,18)(H,16,19,20). The highest BCUT2D eigenvalue weighted by Crippen LogP contribution is 2.06. The van der Waals surface area contributed by atoms with Crippen molar-refractivity contribution in [1.82, 2.24) is 20.5 Å². The van der Waals surface area contributed by atoms with Gasteiger partial charge >= 0.3 is 6.03 Å². The summed E-state index contributed by atoms with van der Waals surface area (Å²) in [6.45, 7) is 4.01. The summed E-state index contributed by atoms with van der Waals surface area (Å²) in [5, 5.41) is 4.81. The molecule has 1 fully saturated rings. The molecule has 1 aromatic rings. The Morgan fingerprint density at radius 3 is 2.80 bits per heavy atom. The van der Waals surface area contributed by atoms with Crippen molar-refractivity contribution < 1.29 is 14.4 Å². The van der Waals surface area contributed by atoms with Gasteiger partial charge in [0.1, 0.15) is 13.1 Å². The predicted octanol–water partition coefficient (Wildman–Crippen LogP) is -0.134. The summed E-state index contributed by atoms with van der Waals surface area (Å²) in [5.74, 6) is -0.700. The number of aromatic nitrogens is 1. The average molecular weight is 276 g/mol. The predicted molar refractivity (Wildman–Crippen MR) is 70.7 cm³/mol. The minimum absolute atomic E-state index is 0.0720. The second kappa shape index (κ2) is 5.68. The number of rotatable bonds is 4. The first-order valence-electron chi connectivity index (χ1n) is 6.23. The van der Waals surface area contributed by atoms with E-state index in [4.69, 9.17) is 0 Å². The topological polar surface area (TPSA) is 91.4 Å². The minimum Gasteiger partial charge on any atom is -0.350 e. The average Bonchev–Trinajstić information content (AvgIpc) is 2.69. The number of pyridine rings is 1. The van der Waals surface area contributed by atoms with Crippen LogP contribution in [0.3, 0.4) is 0 Å². The van der Waals surface area contributed by atoms with Crippen LogP contribution in [0.25, 0.3) is 0 Å². The Morgan fingerprint density at radius 2 is 2.20 bits per heavy atom.